The molecule has 1 aliphatic rings. The Bertz CT molecular complexity index is 481. The second-order valence-electron chi connectivity index (χ2n) is 5.01. The Morgan fingerprint density at radius 2 is 2.40 bits per heavy atom. The van der Waals surface area contributed by atoms with Crippen LogP contribution in [0.15, 0.2) is 18.2 Å². The van der Waals surface area contributed by atoms with Gasteiger partial charge >= 0.3 is 0 Å². The Hall–Kier alpha value is -1.70. The average Bonchev–Trinajstić information content (AvgIpc) is 2.63. The third-order valence-electron chi connectivity index (χ3n) is 3.39. The van der Waals surface area contributed by atoms with Crippen molar-refractivity contribution in [3.63, 3.8) is 0 Å². The summed E-state index contributed by atoms with van der Waals surface area (Å²) in [6, 6.07) is 4.67. The largest absolute Gasteiger partial charge is 0.377 e. The van der Waals surface area contributed by atoms with E-state index in [1.165, 1.54) is 6.07 Å². The van der Waals surface area contributed by atoms with Gasteiger partial charge < -0.3 is 10.2 Å². The normalized spacial score (nSPS) is 20.4. The second-order valence-corrected chi connectivity index (χ2v) is 5.01. The highest BCUT2D eigenvalue weighted by molar-refractivity contribution is 5.55. The van der Waals surface area contributed by atoms with E-state index in [1.54, 1.807) is 12.1 Å². The SMILES string of the molecule is CC1CN(Cc2cc([N+](=O)[O-])ccc2NN)CCCO1. The molecule has 110 valence electrons. The molecule has 20 heavy (non-hydrogen) atoms. The zero-order valence-corrected chi connectivity index (χ0v) is 11.5. The average molecular weight is 280 g/mol. The molecule has 1 aromatic rings. The number of nitrogens with one attached hydrogen (secondary N) is 1. The fourth-order valence-corrected chi connectivity index (χ4v) is 2.43. The second kappa shape index (κ2) is 6.65. The van der Waals surface area contributed by atoms with Crippen LogP contribution in [0.5, 0.6) is 0 Å². The van der Waals surface area contributed by atoms with Gasteiger partial charge in [-0.2, -0.15) is 0 Å². The lowest BCUT2D eigenvalue weighted by Crippen LogP contribution is -2.30. The minimum absolute atomic E-state index is 0.0816. The van der Waals surface area contributed by atoms with Crippen LogP contribution in [0.4, 0.5) is 11.4 Å². The Morgan fingerprint density at radius 3 is 3.10 bits per heavy atom. The number of ether oxygens (including phenoxy) is 1. The van der Waals surface area contributed by atoms with Crippen molar-refractivity contribution in [1.29, 1.82) is 0 Å². The number of nitrogens with zero attached hydrogens (tertiary/aromatic N) is 2. The van der Waals surface area contributed by atoms with E-state index in [-0.39, 0.29) is 11.8 Å². The van der Waals surface area contributed by atoms with Gasteiger partial charge in [-0.05, 0) is 25.0 Å². The first-order valence-electron chi connectivity index (χ1n) is 6.68. The number of non-ortho nitro benzene ring substituents is 1. The molecule has 1 aromatic carbocycles. The van der Waals surface area contributed by atoms with Gasteiger partial charge in [-0.3, -0.25) is 20.9 Å². The monoisotopic (exact) mass is 280 g/mol. The molecule has 0 saturated carbocycles. The van der Waals surface area contributed by atoms with Gasteiger partial charge in [-0.1, -0.05) is 0 Å². The van der Waals surface area contributed by atoms with E-state index in [0.29, 0.717) is 12.2 Å². The van der Waals surface area contributed by atoms with Gasteiger partial charge in [-0.25, -0.2) is 0 Å². The van der Waals surface area contributed by atoms with Crippen molar-refractivity contribution in [2.45, 2.75) is 26.0 Å². The van der Waals surface area contributed by atoms with Crippen LogP contribution in [0.25, 0.3) is 0 Å². The van der Waals surface area contributed by atoms with Crippen molar-refractivity contribution in [2.24, 2.45) is 5.84 Å². The molecule has 0 spiro atoms. The number of nitrogens with two attached hydrogens (primary N) is 1. The van der Waals surface area contributed by atoms with E-state index in [1.807, 2.05) is 6.92 Å². The number of anilines is 1. The van der Waals surface area contributed by atoms with Gasteiger partial charge in [0.1, 0.15) is 0 Å². The van der Waals surface area contributed by atoms with Crippen LogP contribution in [0.3, 0.4) is 0 Å². The summed E-state index contributed by atoms with van der Waals surface area (Å²) in [5, 5.41) is 10.9. The first-order chi connectivity index (χ1) is 9.60. The maximum atomic E-state index is 10.9. The standard InChI is InChI=1S/C13H20N4O3/c1-10-8-16(5-2-6-20-10)9-11-7-12(17(18)19)3-4-13(11)15-14/h3-4,7,10,15H,2,5-6,8-9,14H2,1H3. The molecule has 7 nitrogen and oxygen atoms in total. The molecule has 0 amide bonds. The third kappa shape index (κ3) is 3.66. The maximum Gasteiger partial charge on any atom is 0.269 e. The first kappa shape index (κ1) is 14.7. The number of benzene rings is 1. The molecule has 0 aromatic heterocycles. The summed E-state index contributed by atoms with van der Waals surface area (Å²) in [6.07, 6.45) is 1.13. The fraction of sp³-hybridized carbons (Fsp3) is 0.538. The predicted molar refractivity (Wildman–Crippen MR) is 76.2 cm³/mol. The number of nitrogen functional groups attached to an aromatic ring is 1. The molecule has 1 fully saturated rings. The number of hydrogen-bond donors (Lipinski definition) is 2. The molecule has 1 heterocycles. The lowest BCUT2D eigenvalue weighted by Gasteiger charge is -2.22. The molecule has 1 atom stereocenters. The summed E-state index contributed by atoms with van der Waals surface area (Å²) >= 11 is 0. The summed E-state index contributed by atoms with van der Waals surface area (Å²) < 4.78 is 5.60. The van der Waals surface area contributed by atoms with Crippen molar-refractivity contribution < 1.29 is 9.66 Å². The van der Waals surface area contributed by atoms with Crippen molar-refractivity contribution in [3.8, 4) is 0 Å². The Kier molecular flexibility index (Phi) is 4.89. The van der Waals surface area contributed by atoms with Gasteiger partial charge in [0, 0.05) is 38.4 Å². The molecule has 2 rings (SSSR count). The number of hydrazine groups is 1. The van der Waals surface area contributed by atoms with E-state index in [0.717, 1.165) is 31.7 Å². The van der Waals surface area contributed by atoms with Crippen LogP contribution in [0.1, 0.15) is 18.9 Å². The summed E-state index contributed by atoms with van der Waals surface area (Å²) in [5.41, 5.74) is 4.22. The minimum Gasteiger partial charge on any atom is -0.377 e. The Morgan fingerprint density at radius 1 is 1.60 bits per heavy atom. The number of hydrogen-bond acceptors (Lipinski definition) is 6. The topological polar surface area (TPSA) is 93.7 Å². The summed E-state index contributed by atoms with van der Waals surface area (Å²) in [4.78, 5) is 12.7. The van der Waals surface area contributed by atoms with Gasteiger partial charge in [0.2, 0.25) is 0 Å². The highest BCUT2D eigenvalue weighted by Gasteiger charge is 2.18. The number of nitro benzene ring substituents is 1. The number of nitro groups is 1. The van der Waals surface area contributed by atoms with Gasteiger partial charge in [0.05, 0.1) is 16.7 Å². The van der Waals surface area contributed by atoms with E-state index < -0.39 is 4.92 Å². The highest BCUT2D eigenvalue weighted by Crippen LogP contribution is 2.23. The van der Waals surface area contributed by atoms with Crippen LogP contribution in [-0.4, -0.2) is 35.6 Å². The molecule has 1 unspecified atom stereocenters. The summed E-state index contributed by atoms with van der Waals surface area (Å²) in [5.74, 6) is 5.48. The Balaban J connectivity index is 2.17. The van der Waals surface area contributed by atoms with Crippen LogP contribution in [0, 0.1) is 10.1 Å². The van der Waals surface area contributed by atoms with E-state index in [4.69, 9.17) is 10.6 Å². The van der Waals surface area contributed by atoms with E-state index >= 15 is 0 Å². The molecule has 1 aliphatic heterocycles. The van der Waals surface area contributed by atoms with Crippen molar-refractivity contribution in [3.05, 3.63) is 33.9 Å². The first-order valence-corrected chi connectivity index (χ1v) is 6.68. The van der Waals surface area contributed by atoms with Crippen molar-refractivity contribution in [1.82, 2.24) is 4.90 Å². The summed E-state index contributed by atoms with van der Waals surface area (Å²) in [6.45, 7) is 5.14. The van der Waals surface area contributed by atoms with Gasteiger partial charge in [0.15, 0.2) is 0 Å². The van der Waals surface area contributed by atoms with Crippen LogP contribution in [-0.2, 0) is 11.3 Å². The van der Waals surface area contributed by atoms with Gasteiger partial charge in [-0.15, -0.1) is 0 Å². The molecule has 0 bridgehead atoms. The molecule has 3 N–H and O–H groups in total. The molecule has 0 radical (unpaired) electrons. The van der Waals surface area contributed by atoms with Gasteiger partial charge in [0.25, 0.3) is 5.69 Å². The van der Waals surface area contributed by atoms with Crippen LogP contribution < -0.4 is 11.3 Å². The molecule has 1 saturated heterocycles. The van der Waals surface area contributed by atoms with E-state index in [2.05, 4.69) is 10.3 Å². The van der Waals surface area contributed by atoms with Crippen molar-refractivity contribution >= 4 is 11.4 Å². The van der Waals surface area contributed by atoms with Crippen LogP contribution >= 0.6 is 0 Å². The third-order valence-corrected chi connectivity index (χ3v) is 3.39. The van der Waals surface area contributed by atoms with Crippen LogP contribution in [0.2, 0.25) is 0 Å². The Labute approximate surface area is 117 Å². The van der Waals surface area contributed by atoms with E-state index in [9.17, 15) is 10.1 Å². The minimum atomic E-state index is -0.391. The zero-order valence-electron chi connectivity index (χ0n) is 11.5. The quantitative estimate of drug-likeness (QED) is 0.493. The smallest absolute Gasteiger partial charge is 0.269 e. The maximum absolute atomic E-state index is 10.9. The predicted octanol–water partition coefficient (Wildman–Crippen LogP) is 1.49. The molecule has 0 aliphatic carbocycles. The fourth-order valence-electron chi connectivity index (χ4n) is 2.43. The molecular formula is C13H20N4O3. The lowest BCUT2D eigenvalue weighted by atomic mass is 10.1. The zero-order chi connectivity index (χ0) is 14.5. The highest BCUT2D eigenvalue weighted by atomic mass is 16.6. The molecule has 7 heteroatoms. The van der Waals surface area contributed by atoms with Crippen molar-refractivity contribution in [2.75, 3.05) is 25.1 Å². The summed E-state index contributed by atoms with van der Waals surface area (Å²) in [7, 11) is 0. The number of rotatable bonds is 4. The lowest BCUT2D eigenvalue weighted by molar-refractivity contribution is -0.384. The molecular weight excluding hydrogens is 260 g/mol.